The first-order valence-electron chi connectivity index (χ1n) is 18.6. The van der Waals surface area contributed by atoms with Crippen LogP contribution in [0.5, 0.6) is 0 Å². The molecule has 0 saturated heterocycles. The molecule has 1 aliphatic carbocycles. The molecule has 5 heteroatoms. The molecule has 1 aliphatic rings. The van der Waals surface area contributed by atoms with Crippen LogP contribution in [-0.4, -0.2) is 8.07 Å². The fourth-order valence-electron chi connectivity index (χ4n) is 7.35. The van der Waals surface area contributed by atoms with Gasteiger partial charge in [-0.2, -0.15) is 22.9 Å². The second-order valence-electron chi connectivity index (χ2n) is 16.1. The zero-order valence-corrected chi connectivity index (χ0v) is 38.3. The van der Waals surface area contributed by atoms with Crippen molar-refractivity contribution >= 4 is 29.2 Å². The normalized spacial score (nSPS) is 12.8. The van der Waals surface area contributed by atoms with Gasteiger partial charge in [-0.15, -0.1) is 17.7 Å². The van der Waals surface area contributed by atoms with Crippen LogP contribution in [0.4, 0.5) is 0 Å². The maximum atomic E-state index is 3.85. The van der Waals surface area contributed by atoms with Crippen LogP contribution in [0.25, 0.3) is 5.57 Å². The Kier molecular flexibility index (Phi) is 18.7. The molecule has 0 spiro atoms. The number of allylic oxidation sites excluding steroid dienone is 4. The van der Waals surface area contributed by atoms with Gasteiger partial charge in [0.15, 0.2) is 0 Å². The monoisotopic (exact) mass is 804 g/mol. The molecule has 0 bridgehead atoms. The Morgan fingerprint density at radius 2 is 0.731 bits per heavy atom. The third kappa shape index (κ3) is 9.87. The molecule has 0 saturated carbocycles. The summed E-state index contributed by atoms with van der Waals surface area (Å²) in [6.45, 7) is 28.3. The molecule has 0 atom stereocenters. The SMILES string of the molecule is CC(C)c1cc(C(C)C)cc([Si](C2=C(c3ccccc3)[C-]=CC2)(c2cc(C(C)C)cc(C(C)C)c2)c2cc(C(C)C)cc(C(C)C)c2)c1.[Cl-].[Cl-].[Cl-].[Ti+4]. The van der Waals surface area contributed by atoms with Gasteiger partial charge in [-0.3, -0.25) is 0 Å². The minimum absolute atomic E-state index is 0. The van der Waals surface area contributed by atoms with Crippen molar-refractivity contribution in [3.63, 3.8) is 0 Å². The van der Waals surface area contributed by atoms with Crippen LogP contribution < -0.4 is 52.8 Å². The van der Waals surface area contributed by atoms with E-state index in [0.717, 1.165) is 6.42 Å². The smallest absolute Gasteiger partial charge is 1.00 e. The van der Waals surface area contributed by atoms with Crippen molar-refractivity contribution in [2.75, 3.05) is 0 Å². The van der Waals surface area contributed by atoms with Gasteiger partial charge in [0.25, 0.3) is 0 Å². The molecule has 4 aromatic carbocycles. The molecule has 0 radical (unpaired) electrons. The van der Waals surface area contributed by atoms with E-state index in [1.54, 1.807) is 5.20 Å². The third-order valence-corrected chi connectivity index (χ3v) is 15.4. The average molecular weight is 806 g/mol. The van der Waals surface area contributed by atoms with Crippen molar-refractivity contribution in [2.45, 2.75) is 125 Å². The molecule has 276 valence electrons. The summed E-state index contributed by atoms with van der Waals surface area (Å²) in [6.07, 6.45) is 7.09. The summed E-state index contributed by atoms with van der Waals surface area (Å²) < 4.78 is 0. The Morgan fingerprint density at radius 3 is 1.00 bits per heavy atom. The standard InChI is InChI=1S/C47H59Si.3ClH.Ti/c1-30(2)37-21-38(31(3)4)25-43(24-37)48(44-26-39(32(5)6)22-40(27-44)33(7)8,45-28-41(34(9)10)23-42(29-45)35(11)12)47-20-16-19-46(47)36-17-14-13-15-18-36;;;;/h13-18,21-35H,20H2,1-12H3;3*1H;/q-1;;;;+4/p-3. The van der Waals surface area contributed by atoms with Crippen LogP contribution in [0, 0.1) is 6.08 Å². The van der Waals surface area contributed by atoms with Crippen LogP contribution in [0.2, 0.25) is 0 Å². The van der Waals surface area contributed by atoms with Crippen molar-refractivity contribution in [3.8, 4) is 0 Å². The van der Waals surface area contributed by atoms with Crippen molar-refractivity contribution in [2.24, 2.45) is 0 Å². The van der Waals surface area contributed by atoms with Crippen LogP contribution >= 0.6 is 0 Å². The molecule has 0 amide bonds. The van der Waals surface area contributed by atoms with Crippen molar-refractivity contribution in [3.05, 3.63) is 141 Å². The maximum Gasteiger partial charge on any atom is 4.00 e. The predicted octanol–water partition coefficient (Wildman–Crippen LogP) is 2.66. The molecular weight excluding hydrogens is 747 g/mol. The first-order chi connectivity index (χ1) is 22.7. The van der Waals surface area contributed by atoms with E-state index in [-0.39, 0.29) is 58.9 Å². The average Bonchev–Trinajstić information content (AvgIpc) is 3.55. The van der Waals surface area contributed by atoms with Gasteiger partial charge >= 0.3 is 21.7 Å². The van der Waals surface area contributed by atoms with Gasteiger partial charge in [-0.25, -0.2) is 0 Å². The fraction of sp³-hybridized carbons (Fsp3) is 0.404. The number of hydrogen-bond donors (Lipinski definition) is 0. The van der Waals surface area contributed by atoms with Crippen LogP contribution in [0.15, 0.2) is 96.2 Å². The van der Waals surface area contributed by atoms with Crippen molar-refractivity contribution in [1.82, 2.24) is 0 Å². The Labute approximate surface area is 351 Å². The summed E-state index contributed by atoms with van der Waals surface area (Å²) >= 11 is 0. The molecule has 0 aliphatic heterocycles. The molecule has 0 heterocycles. The molecule has 0 N–H and O–H groups in total. The van der Waals surface area contributed by atoms with E-state index in [1.807, 2.05) is 0 Å². The third-order valence-electron chi connectivity index (χ3n) is 10.6. The molecule has 0 unspecified atom stereocenters. The fourth-order valence-corrected chi connectivity index (χ4v) is 12.7. The van der Waals surface area contributed by atoms with Gasteiger partial charge in [0, 0.05) is 0 Å². The first kappa shape index (κ1) is 48.2. The zero-order chi connectivity index (χ0) is 34.9. The van der Waals surface area contributed by atoms with E-state index in [2.05, 4.69) is 180 Å². The van der Waals surface area contributed by atoms with Gasteiger partial charge in [-0.1, -0.05) is 178 Å². The molecule has 0 aromatic heterocycles. The van der Waals surface area contributed by atoms with Gasteiger partial charge in [-0.05, 0) is 68.9 Å². The summed E-state index contributed by atoms with van der Waals surface area (Å²) in [4.78, 5) is 0. The second kappa shape index (κ2) is 20.2. The Balaban J connectivity index is 0.00000338. The van der Waals surface area contributed by atoms with Crippen molar-refractivity contribution < 1.29 is 58.9 Å². The molecular formula is C47H59Cl3SiTi. The molecule has 0 nitrogen and oxygen atoms in total. The van der Waals surface area contributed by atoms with E-state index < -0.39 is 8.07 Å². The van der Waals surface area contributed by atoms with Crippen LogP contribution in [-0.2, 0) is 21.7 Å². The minimum atomic E-state index is -2.91. The van der Waals surface area contributed by atoms with Crippen LogP contribution in [0.3, 0.4) is 0 Å². The summed E-state index contributed by atoms with van der Waals surface area (Å²) in [5.41, 5.74) is 11.2. The zero-order valence-electron chi connectivity index (χ0n) is 33.5. The summed E-state index contributed by atoms with van der Waals surface area (Å²) in [5.74, 6) is 2.62. The predicted molar refractivity (Wildman–Crippen MR) is 214 cm³/mol. The molecule has 52 heavy (non-hydrogen) atoms. The topological polar surface area (TPSA) is 0 Å². The largest absolute Gasteiger partial charge is 4.00 e. The maximum absolute atomic E-state index is 3.85. The number of benzene rings is 4. The van der Waals surface area contributed by atoms with Gasteiger partial charge in [0.1, 0.15) is 8.07 Å². The van der Waals surface area contributed by atoms with E-state index in [1.165, 1.54) is 60.1 Å². The quantitative estimate of drug-likeness (QED) is 0.125. The van der Waals surface area contributed by atoms with E-state index in [9.17, 15) is 0 Å². The van der Waals surface area contributed by atoms with Gasteiger partial charge < -0.3 is 37.2 Å². The van der Waals surface area contributed by atoms with E-state index >= 15 is 0 Å². The first-order valence-corrected chi connectivity index (χ1v) is 20.6. The molecule has 0 fully saturated rings. The van der Waals surface area contributed by atoms with E-state index in [0.29, 0.717) is 35.5 Å². The van der Waals surface area contributed by atoms with E-state index in [4.69, 9.17) is 0 Å². The number of rotatable bonds is 11. The number of halogens is 3. The minimum Gasteiger partial charge on any atom is -1.00 e. The van der Waals surface area contributed by atoms with Gasteiger partial charge in [0.05, 0.1) is 0 Å². The number of hydrogen-bond acceptors (Lipinski definition) is 0. The Morgan fingerprint density at radius 1 is 0.442 bits per heavy atom. The van der Waals surface area contributed by atoms with Gasteiger partial charge in [0.2, 0.25) is 0 Å². The second-order valence-corrected chi connectivity index (χ2v) is 20.0. The Bertz CT molecular complexity index is 1580. The molecule has 5 rings (SSSR count). The van der Waals surface area contributed by atoms with Crippen LogP contribution in [0.1, 0.15) is 164 Å². The summed E-state index contributed by atoms with van der Waals surface area (Å²) in [7, 11) is -2.91. The summed E-state index contributed by atoms with van der Waals surface area (Å²) in [5, 5.41) is 6.12. The summed E-state index contributed by atoms with van der Waals surface area (Å²) in [6, 6.07) is 34.2. The Hall–Kier alpha value is -1.84. The van der Waals surface area contributed by atoms with Crippen molar-refractivity contribution in [1.29, 1.82) is 0 Å². The molecule has 4 aromatic rings.